The van der Waals surface area contributed by atoms with Crippen molar-refractivity contribution in [3.63, 3.8) is 0 Å². The van der Waals surface area contributed by atoms with Crippen molar-refractivity contribution in [3.05, 3.63) is 107 Å². The van der Waals surface area contributed by atoms with Crippen LogP contribution < -0.4 is 10.1 Å². The Bertz CT molecular complexity index is 880. The topological polar surface area (TPSA) is 41.5 Å². The molecule has 0 aliphatic carbocycles. The van der Waals surface area contributed by atoms with E-state index in [1.54, 1.807) is 0 Å². The van der Waals surface area contributed by atoms with Crippen molar-refractivity contribution in [3.8, 4) is 5.75 Å². The van der Waals surface area contributed by atoms with Crippen LogP contribution in [0.4, 0.5) is 0 Å². The van der Waals surface area contributed by atoms with Gasteiger partial charge >= 0.3 is 0 Å². The summed E-state index contributed by atoms with van der Waals surface area (Å²) in [5.74, 6) is 0.792. The minimum absolute atomic E-state index is 0.0294. The molecule has 1 atom stereocenters. The van der Waals surface area contributed by atoms with E-state index in [9.17, 15) is 5.11 Å². The number of rotatable bonds is 9. The summed E-state index contributed by atoms with van der Waals surface area (Å²) < 4.78 is 5.90. The second-order valence-corrected chi connectivity index (χ2v) is 7.22. The van der Waals surface area contributed by atoms with Crippen molar-refractivity contribution in [2.75, 3.05) is 6.61 Å². The van der Waals surface area contributed by atoms with Gasteiger partial charge < -0.3 is 15.2 Å². The molecule has 2 N–H and O–H groups in total. The number of aliphatic hydroxyl groups is 1. The lowest BCUT2D eigenvalue weighted by atomic mass is 10.1. The second-order valence-electron chi connectivity index (χ2n) is 6.81. The van der Waals surface area contributed by atoms with E-state index in [1.807, 2.05) is 72.8 Å². The van der Waals surface area contributed by atoms with Crippen LogP contribution in [0.2, 0.25) is 5.02 Å². The van der Waals surface area contributed by atoms with E-state index in [0.29, 0.717) is 24.6 Å². The Morgan fingerprint density at radius 1 is 0.964 bits per heavy atom. The number of hydrogen-bond donors (Lipinski definition) is 2. The molecule has 3 aromatic rings. The largest absolute Gasteiger partial charge is 0.489 e. The van der Waals surface area contributed by atoms with E-state index in [4.69, 9.17) is 16.3 Å². The third-order valence-electron chi connectivity index (χ3n) is 4.57. The highest BCUT2D eigenvalue weighted by atomic mass is 35.5. The summed E-state index contributed by atoms with van der Waals surface area (Å²) >= 11 is 6.18. The zero-order chi connectivity index (χ0) is 19.8. The number of benzene rings is 3. The van der Waals surface area contributed by atoms with Crippen molar-refractivity contribution >= 4 is 11.6 Å². The molecule has 3 nitrogen and oxygen atoms in total. The van der Waals surface area contributed by atoms with Crippen LogP contribution >= 0.6 is 11.6 Å². The minimum Gasteiger partial charge on any atom is -0.489 e. The fourth-order valence-corrected chi connectivity index (χ4v) is 3.13. The fourth-order valence-electron chi connectivity index (χ4n) is 2.94. The number of aliphatic hydroxyl groups excluding tert-OH is 1. The molecule has 0 amide bonds. The molecule has 4 heteroatoms. The smallest absolute Gasteiger partial charge is 0.120 e. The highest BCUT2D eigenvalue weighted by Gasteiger charge is 2.09. The van der Waals surface area contributed by atoms with Crippen LogP contribution in [0.3, 0.4) is 0 Å². The van der Waals surface area contributed by atoms with Crippen LogP contribution in [-0.4, -0.2) is 17.8 Å². The maximum absolute atomic E-state index is 9.74. The molecule has 0 saturated carbocycles. The van der Waals surface area contributed by atoms with E-state index in [2.05, 4.69) is 12.2 Å². The Hall–Kier alpha value is -2.33. The Balaban J connectivity index is 1.56. The van der Waals surface area contributed by atoms with Crippen LogP contribution in [0.1, 0.15) is 22.3 Å². The zero-order valence-corrected chi connectivity index (χ0v) is 16.5. The molecule has 0 aliphatic rings. The average molecular weight is 395 g/mol. The van der Waals surface area contributed by atoms with Crippen molar-refractivity contribution in [2.24, 2.45) is 0 Å². The van der Waals surface area contributed by atoms with Gasteiger partial charge in [0, 0.05) is 23.2 Å². The van der Waals surface area contributed by atoms with Gasteiger partial charge in [-0.2, -0.15) is 0 Å². The molecule has 0 spiro atoms. The van der Waals surface area contributed by atoms with Gasteiger partial charge in [0.05, 0.1) is 6.61 Å². The summed E-state index contributed by atoms with van der Waals surface area (Å²) in [5.41, 5.74) is 4.23. The molecule has 145 valence electrons. The average Bonchev–Trinajstić information content (AvgIpc) is 2.72. The lowest BCUT2D eigenvalue weighted by molar-refractivity contribution is 0.240. The first-order valence-corrected chi connectivity index (χ1v) is 9.72. The Morgan fingerprint density at radius 2 is 1.75 bits per heavy atom. The molecule has 0 aromatic heterocycles. The van der Waals surface area contributed by atoms with Gasteiger partial charge in [0.25, 0.3) is 0 Å². The van der Waals surface area contributed by atoms with Gasteiger partial charge in [0.2, 0.25) is 0 Å². The van der Waals surface area contributed by atoms with Crippen LogP contribution in [0, 0.1) is 6.92 Å². The van der Waals surface area contributed by atoms with Gasteiger partial charge in [0.15, 0.2) is 0 Å². The molecular weight excluding hydrogens is 370 g/mol. The third kappa shape index (κ3) is 6.10. The SMILES string of the molecule is [CH2]c1ccc(CNC(CO)Cc2cccc(OCc3ccccc3Cl)c2)cc1. The van der Waals surface area contributed by atoms with E-state index in [-0.39, 0.29) is 12.6 Å². The van der Waals surface area contributed by atoms with Crippen LogP contribution in [0.15, 0.2) is 72.8 Å². The Labute approximate surface area is 171 Å². The van der Waals surface area contributed by atoms with Crippen molar-refractivity contribution in [1.82, 2.24) is 5.32 Å². The summed E-state index contributed by atoms with van der Waals surface area (Å²) in [7, 11) is 0. The van der Waals surface area contributed by atoms with E-state index in [1.165, 1.54) is 5.56 Å². The van der Waals surface area contributed by atoms with Crippen molar-refractivity contribution in [1.29, 1.82) is 0 Å². The van der Waals surface area contributed by atoms with Crippen molar-refractivity contribution < 1.29 is 9.84 Å². The lowest BCUT2D eigenvalue weighted by Gasteiger charge is -2.17. The number of ether oxygens (including phenoxy) is 1. The van der Waals surface area contributed by atoms with Gasteiger partial charge in [-0.05, 0) is 48.2 Å². The number of halogens is 1. The van der Waals surface area contributed by atoms with E-state index >= 15 is 0 Å². The minimum atomic E-state index is -0.0294. The summed E-state index contributed by atoms with van der Waals surface area (Å²) in [4.78, 5) is 0. The molecule has 1 unspecified atom stereocenters. The number of hydrogen-bond acceptors (Lipinski definition) is 3. The first-order chi connectivity index (χ1) is 13.6. The maximum Gasteiger partial charge on any atom is 0.120 e. The van der Waals surface area contributed by atoms with Crippen LogP contribution in [0.25, 0.3) is 0 Å². The van der Waals surface area contributed by atoms with Gasteiger partial charge in [-0.1, -0.05) is 66.2 Å². The summed E-state index contributed by atoms with van der Waals surface area (Å²) in [6.45, 7) is 5.09. The molecule has 0 saturated heterocycles. The standard InChI is InChI=1S/C24H25ClNO2/c1-18-9-11-19(12-10-18)15-26-22(16-27)13-20-5-4-7-23(14-20)28-17-21-6-2-3-8-24(21)25/h2-12,14,22,26-27H,1,13,15-17H2. The molecule has 28 heavy (non-hydrogen) atoms. The molecule has 0 aliphatic heterocycles. The normalized spacial score (nSPS) is 12.0. The molecule has 3 aromatic carbocycles. The summed E-state index contributed by atoms with van der Waals surface area (Å²) in [5, 5.41) is 13.9. The van der Waals surface area contributed by atoms with E-state index in [0.717, 1.165) is 22.4 Å². The highest BCUT2D eigenvalue weighted by molar-refractivity contribution is 6.31. The third-order valence-corrected chi connectivity index (χ3v) is 4.94. The zero-order valence-electron chi connectivity index (χ0n) is 15.8. The molecule has 1 radical (unpaired) electrons. The predicted octanol–water partition coefficient (Wildman–Crippen LogP) is 4.79. The van der Waals surface area contributed by atoms with Gasteiger partial charge in [-0.3, -0.25) is 0 Å². The first kappa shape index (κ1) is 20.4. The molecule has 0 bridgehead atoms. The molecule has 3 rings (SSSR count). The van der Waals surface area contributed by atoms with Crippen LogP contribution in [0.5, 0.6) is 5.75 Å². The fraction of sp³-hybridized carbons (Fsp3) is 0.208. The molecular formula is C24H25ClNO2. The van der Waals surface area contributed by atoms with Gasteiger partial charge in [-0.25, -0.2) is 0 Å². The van der Waals surface area contributed by atoms with Crippen molar-refractivity contribution in [2.45, 2.75) is 25.6 Å². The van der Waals surface area contributed by atoms with Gasteiger partial charge in [-0.15, -0.1) is 0 Å². The van der Waals surface area contributed by atoms with Gasteiger partial charge in [0.1, 0.15) is 12.4 Å². The number of nitrogens with one attached hydrogen (secondary N) is 1. The Morgan fingerprint density at radius 3 is 2.50 bits per heavy atom. The summed E-state index contributed by atoms with van der Waals surface area (Å²) in [6, 6.07) is 23.7. The van der Waals surface area contributed by atoms with E-state index < -0.39 is 0 Å². The first-order valence-electron chi connectivity index (χ1n) is 9.34. The second kappa shape index (κ2) is 10.3. The highest BCUT2D eigenvalue weighted by Crippen LogP contribution is 2.20. The Kier molecular flexibility index (Phi) is 7.49. The monoisotopic (exact) mass is 394 g/mol. The maximum atomic E-state index is 9.74. The van der Waals surface area contributed by atoms with Crippen LogP contribution in [-0.2, 0) is 19.6 Å². The lowest BCUT2D eigenvalue weighted by Crippen LogP contribution is -2.34. The molecule has 0 heterocycles. The predicted molar refractivity (Wildman–Crippen MR) is 115 cm³/mol. The quantitative estimate of drug-likeness (QED) is 0.548. The molecule has 0 fully saturated rings. The summed E-state index contributed by atoms with van der Waals surface area (Å²) in [6.07, 6.45) is 0.715.